The molecule has 72 valence electrons. The molecule has 0 atom stereocenters. The summed E-state index contributed by atoms with van der Waals surface area (Å²) >= 11 is 5.70. The lowest BCUT2D eigenvalue weighted by molar-refractivity contribution is 0.839. The van der Waals surface area contributed by atoms with E-state index in [1.807, 2.05) is 0 Å². The van der Waals surface area contributed by atoms with Gasteiger partial charge in [0.05, 0.1) is 12.5 Å². The Kier molecular flexibility index (Phi) is 1.97. The minimum absolute atomic E-state index is 0.203. The molecule has 2 aromatic heterocycles. The number of nitrogens with one attached hydrogen (secondary N) is 1. The fourth-order valence-corrected chi connectivity index (χ4v) is 1.10. The average molecular weight is 212 g/mol. The van der Waals surface area contributed by atoms with Crippen LogP contribution in [0.25, 0.3) is 5.82 Å². The molecule has 7 heteroatoms. The minimum atomic E-state index is -0.264. The van der Waals surface area contributed by atoms with Crippen LogP contribution >= 0.6 is 11.6 Å². The summed E-state index contributed by atoms with van der Waals surface area (Å²) < 4.78 is 1.34. The van der Waals surface area contributed by atoms with Crippen LogP contribution in [0.1, 0.15) is 0 Å². The highest BCUT2D eigenvalue weighted by atomic mass is 35.5. The Hall–Kier alpha value is -1.82. The van der Waals surface area contributed by atoms with Crippen LogP contribution in [0.15, 0.2) is 23.4 Å². The van der Waals surface area contributed by atoms with Crippen molar-refractivity contribution >= 4 is 17.4 Å². The standard InChI is InChI=1S/C7H6ClN5O/c8-4-2-13(12-7(4)9)5-1-6(14)11-3-10-5/h1-3H,(H2,9,12)(H,10,11,14). The van der Waals surface area contributed by atoms with Gasteiger partial charge < -0.3 is 10.7 Å². The third-order valence-electron chi connectivity index (χ3n) is 1.59. The Morgan fingerprint density at radius 2 is 2.36 bits per heavy atom. The molecular weight excluding hydrogens is 206 g/mol. The maximum atomic E-state index is 11.0. The van der Waals surface area contributed by atoms with Crippen LogP contribution in [0.2, 0.25) is 5.02 Å². The topological polar surface area (TPSA) is 89.6 Å². The van der Waals surface area contributed by atoms with Gasteiger partial charge in [-0.05, 0) is 0 Å². The molecule has 0 fully saturated rings. The number of rotatable bonds is 1. The molecule has 0 spiro atoms. The van der Waals surface area contributed by atoms with Gasteiger partial charge in [-0.2, -0.15) is 0 Å². The number of hydrogen-bond donors (Lipinski definition) is 2. The first-order chi connectivity index (χ1) is 6.66. The van der Waals surface area contributed by atoms with E-state index in [4.69, 9.17) is 17.3 Å². The van der Waals surface area contributed by atoms with Gasteiger partial charge in [-0.3, -0.25) is 4.79 Å². The smallest absolute Gasteiger partial charge is 0.252 e. The quantitative estimate of drug-likeness (QED) is 0.705. The second-order valence-corrected chi connectivity index (χ2v) is 2.98. The first-order valence-electron chi connectivity index (χ1n) is 3.72. The van der Waals surface area contributed by atoms with E-state index in [9.17, 15) is 4.79 Å². The third kappa shape index (κ3) is 1.47. The van der Waals surface area contributed by atoms with Crippen molar-refractivity contribution in [2.45, 2.75) is 0 Å². The molecule has 2 aromatic rings. The van der Waals surface area contributed by atoms with Crippen LogP contribution in [0.3, 0.4) is 0 Å². The normalized spacial score (nSPS) is 10.4. The number of hydrogen-bond acceptors (Lipinski definition) is 4. The van der Waals surface area contributed by atoms with Gasteiger partial charge >= 0.3 is 0 Å². The molecule has 14 heavy (non-hydrogen) atoms. The second-order valence-electron chi connectivity index (χ2n) is 2.58. The van der Waals surface area contributed by atoms with Crippen LogP contribution in [-0.2, 0) is 0 Å². The van der Waals surface area contributed by atoms with Crippen LogP contribution in [0.5, 0.6) is 0 Å². The van der Waals surface area contributed by atoms with Crippen molar-refractivity contribution in [1.29, 1.82) is 0 Å². The van der Waals surface area contributed by atoms with Crippen molar-refractivity contribution in [2.24, 2.45) is 0 Å². The predicted molar refractivity (Wildman–Crippen MR) is 51.4 cm³/mol. The zero-order valence-electron chi connectivity index (χ0n) is 6.94. The Labute approximate surface area is 83.3 Å². The van der Waals surface area contributed by atoms with Gasteiger partial charge in [0.2, 0.25) is 0 Å². The first-order valence-corrected chi connectivity index (χ1v) is 4.10. The lowest BCUT2D eigenvalue weighted by Crippen LogP contribution is -2.09. The number of aromatic nitrogens is 4. The predicted octanol–water partition coefficient (Wildman–Crippen LogP) is 0.191. The Balaban J connectivity index is 2.54. The number of H-pyrrole nitrogens is 1. The molecule has 6 nitrogen and oxygen atoms in total. The average Bonchev–Trinajstić information content (AvgIpc) is 2.47. The highest BCUT2D eigenvalue weighted by molar-refractivity contribution is 6.32. The molecule has 0 unspecified atom stereocenters. The van der Waals surface area contributed by atoms with Crippen LogP contribution in [0.4, 0.5) is 5.82 Å². The molecule has 2 heterocycles. The van der Waals surface area contributed by atoms with E-state index >= 15 is 0 Å². The number of anilines is 1. The summed E-state index contributed by atoms with van der Waals surface area (Å²) in [6, 6.07) is 1.29. The molecule has 0 aromatic carbocycles. The fraction of sp³-hybridized carbons (Fsp3) is 0. The number of aromatic amines is 1. The molecule has 0 saturated carbocycles. The van der Waals surface area contributed by atoms with Gasteiger partial charge in [0, 0.05) is 6.07 Å². The number of nitrogens with zero attached hydrogens (tertiary/aromatic N) is 3. The lowest BCUT2D eigenvalue weighted by Gasteiger charge is -1.96. The maximum absolute atomic E-state index is 11.0. The number of nitrogens with two attached hydrogens (primary N) is 1. The summed E-state index contributed by atoms with van der Waals surface area (Å²) in [4.78, 5) is 17.2. The van der Waals surface area contributed by atoms with Gasteiger partial charge in [0.15, 0.2) is 11.6 Å². The summed E-state index contributed by atoms with van der Waals surface area (Å²) in [7, 11) is 0. The molecule has 0 aliphatic heterocycles. The summed E-state index contributed by atoms with van der Waals surface area (Å²) in [5, 5.41) is 4.19. The summed E-state index contributed by atoms with van der Waals surface area (Å²) in [5.41, 5.74) is 5.17. The highest BCUT2D eigenvalue weighted by Gasteiger charge is 2.05. The third-order valence-corrected chi connectivity index (χ3v) is 1.89. The Bertz CT molecular complexity index is 497. The molecule has 3 N–H and O–H groups in total. The van der Waals surface area contributed by atoms with Crippen LogP contribution in [0, 0.1) is 0 Å². The van der Waals surface area contributed by atoms with Crippen LogP contribution < -0.4 is 11.3 Å². The van der Waals surface area contributed by atoms with Crippen molar-refractivity contribution in [3.8, 4) is 5.82 Å². The van der Waals surface area contributed by atoms with E-state index in [2.05, 4.69) is 15.1 Å². The molecule has 2 rings (SSSR count). The van der Waals surface area contributed by atoms with Crippen LogP contribution in [-0.4, -0.2) is 19.7 Å². The van der Waals surface area contributed by atoms with E-state index in [-0.39, 0.29) is 11.4 Å². The largest absolute Gasteiger partial charge is 0.381 e. The monoisotopic (exact) mass is 211 g/mol. The number of nitrogen functional groups attached to an aromatic ring is 1. The second kappa shape index (κ2) is 3.15. The van der Waals surface area contributed by atoms with Gasteiger partial charge in [-0.15, -0.1) is 5.10 Å². The number of halogens is 1. The molecule has 0 radical (unpaired) electrons. The summed E-state index contributed by atoms with van der Waals surface area (Å²) in [6.45, 7) is 0. The van der Waals surface area contributed by atoms with Gasteiger partial charge in [-0.25, -0.2) is 9.67 Å². The Morgan fingerprint density at radius 1 is 1.57 bits per heavy atom. The fourth-order valence-electron chi connectivity index (χ4n) is 0.967. The minimum Gasteiger partial charge on any atom is -0.381 e. The molecule has 0 aliphatic carbocycles. The molecule has 0 bridgehead atoms. The highest BCUT2D eigenvalue weighted by Crippen LogP contribution is 2.16. The van der Waals surface area contributed by atoms with Crippen molar-refractivity contribution in [1.82, 2.24) is 19.7 Å². The van der Waals surface area contributed by atoms with Gasteiger partial charge in [0.1, 0.15) is 5.02 Å². The van der Waals surface area contributed by atoms with E-state index in [0.717, 1.165) is 0 Å². The van der Waals surface area contributed by atoms with E-state index in [1.54, 1.807) is 0 Å². The summed E-state index contributed by atoms with van der Waals surface area (Å²) in [6.07, 6.45) is 2.77. The lowest BCUT2D eigenvalue weighted by atomic mass is 10.6. The van der Waals surface area contributed by atoms with Gasteiger partial charge in [0.25, 0.3) is 5.56 Å². The van der Waals surface area contributed by atoms with E-state index in [1.165, 1.54) is 23.3 Å². The summed E-state index contributed by atoms with van der Waals surface area (Å²) in [5.74, 6) is 0.570. The Morgan fingerprint density at radius 3 is 2.93 bits per heavy atom. The molecular formula is C7H6ClN5O. The van der Waals surface area contributed by atoms with E-state index in [0.29, 0.717) is 10.8 Å². The molecule has 0 saturated heterocycles. The van der Waals surface area contributed by atoms with Crippen molar-refractivity contribution in [3.05, 3.63) is 34.0 Å². The van der Waals surface area contributed by atoms with Crippen molar-refractivity contribution < 1.29 is 0 Å². The molecule has 0 amide bonds. The van der Waals surface area contributed by atoms with Crippen molar-refractivity contribution in [2.75, 3.05) is 5.73 Å². The first kappa shape index (κ1) is 8.76. The zero-order valence-corrected chi connectivity index (χ0v) is 7.69. The zero-order chi connectivity index (χ0) is 10.1. The van der Waals surface area contributed by atoms with E-state index < -0.39 is 0 Å². The maximum Gasteiger partial charge on any atom is 0.252 e. The SMILES string of the molecule is Nc1nn(-c2cc(=O)[nH]cn2)cc1Cl. The van der Waals surface area contributed by atoms with Crippen molar-refractivity contribution in [3.63, 3.8) is 0 Å². The van der Waals surface area contributed by atoms with Gasteiger partial charge in [-0.1, -0.05) is 11.6 Å². The molecule has 0 aliphatic rings.